The fourth-order valence-electron chi connectivity index (χ4n) is 6.01. The van der Waals surface area contributed by atoms with Crippen LogP contribution in [-0.4, -0.2) is 27.8 Å². The molecule has 0 amide bonds. The van der Waals surface area contributed by atoms with Crippen molar-refractivity contribution in [3.63, 3.8) is 0 Å². The van der Waals surface area contributed by atoms with E-state index >= 15 is 0 Å². The minimum atomic E-state index is -0.588. The molecular weight excluding hydrogens is 536 g/mol. The topological polar surface area (TPSA) is 77.7 Å². The number of ketones is 2. The number of carbonyl (C=O) groups excluding carboxylic acids is 3. The first kappa shape index (κ1) is 29.9. The monoisotopic (exact) mass is 574 g/mol. The Balaban J connectivity index is 1.80. The number of rotatable bonds is 11. The number of Topliss-reactive ketones (excluding diaryl/α,β-unsaturated/α-hetero) is 1. The standard InChI is InChI=1S/C37H38N2O4/c1-6-8-14-26(7-2)22-39-34-19-18-27(37(42)28-15-10-9-13-23(28)3)20-31(34)32-21-33(36(41)24(4)38-43-25(5)40)29-16-11-12-17-30(29)35(32)39/h9-13,15-21,26H,6-8,14,22H2,1-5H3. The molecule has 1 aromatic heterocycles. The zero-order valence-corrected chi connectivity index (χ0v) is 25.6. The lowest BCUT2D eigenvalue weighted by Crippen LogP contribution is -2.13. The van der Waals surface area contributed by atoms with Crippen LogP contribution in [0, 0.1) is 12.8 Å². The first-order valence-electron chi connectivity index (χ1n) is 15.1. The summed E-state index contributed by atoms with van der Waals surface area (Å²) >= 11 is 0. The summed E-state index contributed by atoms with van der Waals surface area (Å²) in [6.07, 6.45) is 4.52. The molecule has 0 aliphatic heterocycles. The van der Waals surface area contributed by atoms with E-state index in [1.807, 2.05) is 67.6 Å². The molecule has 6 nitrogen and oxygen atoms in total. The number of benzene rings is 4. The Morgan fingerprint density at radius 1 is 0.837 bits per heavy atom. The highest BCUT2D eigenvalue weighted by molar-refractivity contribution is 6.48. The van der Waals surface area contributed by atoms with Gasteiger partial charge < -0.3 is 9.40 Å². The summed E-state index contributed by atoms with van der Waals surface area (Å²) in [5.41, 5.74) is 4.85. The van der Waals surface area contributed by atoms with E-state index in [9.17, 15) is 14.4 Å². The summed E-state index contributed by atoms with van der Waals surface area (Å²) in [6.45, 7) is 10.0. The van der Waals surface area contributed by atoms with E-state index in [0.717, 1.165) is 63.9 Å². The Labute approximate surface area is 252 Å². The van der Waals surface area contributed by atoms with Crippen molar-refractivity contribution in [2.45, 2.75) is 66.8 Å². The average molecular weight is 575 g/mol. The minimum Gasteiger partial charge on any atom is -0.340 e. The summed E-state index contributed by atoms with van der Waals surface area (Å²) < 4.78 is 2.38. The number of hydrogen-bond donors (Lipinski definition) is 0. The number of fused-ring (bicyclic) bond motifs is 5. The number of hydrogen-bond acceptors (Lipinski definition) is 5. The number of aromatic nitrogens is 1. The third-order valence-corrected chi connectivity index (χ3v) is 8.38. The van der Waals surface area contributed by atoms with Crippen molar-refractivity contribution in [3.8, 4) is 0 Å². The summed E-state index contributed by atoms with van der Waals surface area (Å²) in [6, 6.07) is 23.4. The first-order valence-corrected chi connectivity index (χ1v) is 15.1. The number of aryl methyl sites for hydroxylation is 1. The highest BCUT2D eigenvalue weighted by Gasteiger charge is 2.23. The van der Waals surface area contributed by atoms with Crippen LogP contribution in [0.4, 0.5) is 0 Å². The van der Waals surface area contributed by atoms with E-state index in [4.69, 9.17) is 4.84 Å². The van der Waals surface area contributed by atoms with Crippen LogP contribution in [0.2, 0.25) is 0 Å². The van der Waals surface area contributed by atoms with Gasteiger partial charge in [0.1, 0.15) is 5.71 Å². The highest BCUT2D eigenvalue weighted by Crippen LogP contribution is 2.38. The molecule has 0 spiro atoms. The van der Waals surface area contributed by atoms with Crippen molar-refractivity contribution in [2.75, 3.05) is 0 Å². The lowest BCUT2D eigenvalue weighted by Gasteiger charge is -2.18. The van der Waals surface area contributed by atoms with Crippen LogP contribution in [0.3, 0.4) is 0 Å². The maximum atomic E-state index is 13.7. The maximum absolute atomic E-state index is 13.7. The highest BCUT2D eigenvalue weighted by atomic mass is 16.7. The Morgan fingerprint density at radius 2 is 1.56 bits per heavy atom. The van der Waals surface area contributed by atoms with Gasteiger partial charge in [-0.3, -0.25) is 9.59 Å². The molecular formula is C37H38N2O4. The van der Waals surface area contributed by atoms with E-state index in [2.05, 4.69) is 35.7 Å². The predicted molar refractivity (Wildman–Crippen MR) is 174 cm³/mol. The quantitative estimate of drug-likeness (QED) is 0.0683. The van der Waals surface area contributed by atoms with Gasteiger partial charge in [0.25, 0.3) is 0 Å². The summed E-state index contributed by atoms with van der Waals surface area (Å²) in [7, 11) is 0. The second kappa shape index (κ2) is 12.7. The van der Waals surface area contributed by atoms with Gasteiger partial charge >= 0.3 is 5.97 Å². The Bertz CT molecular complexity index is 1900. The Morgan fingerprint density at radius 3 is 2.26 bits per heavy atom. The van der Waals surface area contributed by atoms with Crippen molar-refractivity contribution >= 4 is 55.8 Å². The van der Waals surface area contributed by atoms with Crippen LogP contribution in [0.25, 0.3) is 32.6 Å². The molecule has 1 unspecified atom stereocenters. The van der Waals surface area contributed by atoms with Crippen LogP contribution in [-0.2, 0) is 16.2 Å². The van der Waals surface area contributed by atoms with E-state index in [1.54, 1.807) is 6.92 Å². The minimum absolute atomic E-state index is 0.0308. The van der Waals surface area contributed by atoms with Gasteiger partial charge in [-0.25, -0.2) is 4.79 Å². The second-order valence-electron chi connectivity index (χ2n) is 11.4. The normalized spacial score (nSPS) is 12.6. The molecule has 4 aromatic carbocycles. The van der Waals surface area contributed by atoms with Crippen molar-refractivity contribution in [1.29, 1.82) is 0 Å². The smallest absolute Gasteiger partial charge is 0.331 e. The van der Waals surface area contributed by atoms with E-state index in [0.29, 0.717) is 22.6 Å². The van der Waals surface area contributed by atoms with Crippen LogP contribution >= 0.6 is 0 Å². The number of oxime groups is 1. The zero-order chi connectivity index (χ0) is 30.7. The third-order valence-electron chi connectivity index (χ3n) is 8.38. The first-order chi connectivity index (χ1) is 20.7. The lowest BCUT2D eigenvalue weighted by molar-refractivity contribution is -0.140. The molecule has 5 aromatic rings. The van der Waals surface area contributed by atoms with Crippen molar-refractivity contribution in [2.24, 2.45) is 11.1 Å². The molecule has 0 aliphatic carbocycles. The maximum Gasteiger partial charge on any atom is 0.331 e. The van der Waals surface area contributed by atoms with Gasteiger partial charge in [0.05, 0.1) is 5.52 Å². The molecule has 0 saturated carbocycles. The fourth-order valence-corrected chi connectivity index (χ4v) is 6.01. The number of unbranched alkanes of at least 4 members (excludes halogenated alkanes) is 1. The van der Waals surface area contributed by atoms with Crippen molar-refractivity contribution in [3.05, 3.63) is 95.1 Å². The molecule has 0 saturated heterocycles. The fraction of sp³-hybridized carbons (Fsp3) is 0.297. The van der Waals surface area contributed by atoms with Gasteiger partial charge in [-0.1, -0.05) is 86.8 Å². The zero-order valence-electron chi connectivity index (χ0n) is 25.6. The molecule has 0 aliphatic rings. The number of nitrogens with zero attached hydrogens (tertiary/aromatic N) is 2. The second-order valence-corrected chi connectivity index (χ2v) is 11.4. The van der Waals surface area contributed by atoms with Gasteiger partial charge in [0, 0.05) is 51.8 Å². The average Bonchev–Trinajstić information content (AvgIpc) is 3.33. The van der Waals surface area contributed by atoms with E-state index in [1.165, 1.54) is 13.3 Å². The predicted octanol–water partition coefficient (Wildman–Crippen LogP) is 8.83. The van der Waals surface area contributed by atoms with Crippen LogP contribution < -0.4 is 0 Å². The summed E-state index contributed by atoms with van der Waals surface area (Å²) in [4.78, 5) is 43.5. The van der Waals surface area contributed by atoms with Gasteiger partial charge in [-0.2, -0.15) is 0 Å². The number of carbonyl (C=O) groups is 3. The summed E-state index contributed by atoms with van der Waals surface area (Å²) in [5, 5.41) is 7.37. The van der Waals surface area contributed by atoms with Gasteiger partial charge in [0.2, 0.25) is 5.78 Å². The van der Waals surface area contributed by atoms with Crippen LogP contribution in [0.1, 0.15) is 85.2 Å². The summed E-state index contributed by atoms with van der Waals surface area (Å²) in [5.74, 6) is -0.446. The van der Waals surface area contributed by atoms with E-state index < -0.39 is 5.97 Å². The molecule has 6 heteroatoms. The lowest BCUT2D eigenvalue weighted by atomic mass is 9.94. The SMILES string of the molecule is CCCCC(CC)Cn1c2ccc(C(=O)c3ccccc3C)cc2c2cc(C(=O)C(C)=NOC(C)=O)c3ccccc3c21. The third kappa shape index (κ3) is 5.87. The van der Waals surface area contributed by atoms with Crippen LogP contribution in [0.5, 0.6) is 0 Å². The van der Waals surface area contributed by atoms with Gasteiger partial charge in [-0.05, 0) is 61.4 Å². The van der Waals surface area contributed by atoms with Crippen molar-refractivity contribution < 1.29 is 19.2 Å². The van der Waals surface area contributed by atoms with Gasteiger partial charge in [-0.15, -0.1) is 0 Å². The molecule has 1 heterocycles. The Hall–Kier alpha value is -4.58. The molecule has 0 N–H and O–H groups in total. The molecule has 5 rings (SSSR count). The molecule has 220 valence electrons. The molecule has 43 heavy (non-hydrogen) atoms. The van der Waals surface area contributed by atoms with Crippen molar-refractivity contribution in [1.82, 2.24) is 4.57 Å². The molecule has 0 bridgehead atoms. The Kier molecular flexibility index (Phi) is 8.86. The van der Waals surface area contributed by atoms with E-state index in [-0.39, 0.29) is 17.3 Å². The van der Waals surface area contributed by atoms with Crippen LogP contribution in [0.15, 0.2) is 78.0 Å². The molecule has 0 radical (unpaired) electrons. The van der Waals surface area contributed by atoms with Gasteiger partial charge in [0.15, 0.2) is 5.78 Å². The molecule has 1 atom stereocenters. The molecule has 0 fully saturated rings. The largest absolute Gasteiger partial charge is 0.340 e.